The molecule has 0 spiro atoms. The molecule has 0 aliphatic rings. The second-order valence-corrected chi connectivity index (χ2v) is 7.01. The van der Waals surface area contributed by atoms with Gasteiger partial charge in [-0.3, -0.25) is 0 Å². The highest BCUT2D eigenvalue weighted by Crippen LogP contribution is 2.30. The Morgan fingerprint density at radius 1 is 1.17 bits per heavy atom. The molecule has 0 amide bonds. The largest absolute Gasteiger partial charge is 0.378 e. The molecule has 2 aromatic heterocycles. The first-order valence-corrected chi connectivity index (χ1v) is 8.25. The zero-order valence-electron chi connectivity index (χ0n) is 9.81. The molecular formula is C14H12BrNS2. The Bertz CT molecular complexity index is 671. The lowest BCUT2D eigenvalue weighted by atomic mass is 10.2. The molecule has 92 valence electrons. The van der Waals surface area contributed by atoms with Gasteiger partial charge in [0.1, 0.15) is 0 Å². The second kappa shape index (κ2) is 5.03. The van der Waals surface area contributed by atoms with Crippen LogP contribution in [-0.2, 0) is 0 Å². The molecule has 0 fully saturated rings. The summed E-state index contributed by atoms with van der Waals surface area (Å²) in [6.45, 7) is 2.19. The number of hydrogen-bond donors (Lipinski definition) is 1. The normalized spacial score (nSPS) is 12.8. The SMILES string of the molecule is CC(Nc1ccc2sccc2c1)c1cc(Br)cs1. The third-order valence-corrected chi connectivity index (χ3v) is 5.62. The molecule has 0 aliphatic heterocycles. The Balaban J connectivity index is 1.83. The minimum absolute atomic E-state index is 0.331. The van der Waals surface area contributed by atoms with E-state index in [-0.39, 0.29) is 0 Å². The van der Waals surface area contributed by atoms with E-state index in [9.17, 15) is 0 Å². The Morgan fingerprint density at radius 2 is 2.06 bits per heavy atom. The van der Waals surface area contributed by atoms with Crippen molar-refractivity contribution in [2.75, 3.05) is 5.32 Å². The zero-order chi connectivity index (χ0) is 12.5. The molecule has 2 heterocycles. The molecule has 0 saturated carbocycles. The summed E-state index contributed by atoms with van der Waals surface area (Å²) >= 11 is 7.05. The van der Waals surface area contributed by atoms with E-state index in [2.05, 4.69) is 69.3 Å². The zero-order valence-corrected chi connectivity index (χ0v) is 13.0. The summed E-state index contributed by atoms with van der Waals surface area (Å²) in [4.78, 5) is 1.34. The smallest absolute Gasteiger partial charge is 0.0578 e. The van der Waals surface area contributed by atoms with Gasteiger partial charge in [0.2, 0.25) is 0 Å². The maximum Gasteiger partial charge on any atom is 0.0578 e. The summed E-state index contributed by atoms with van der Waals surface area (Å²) in [5.41, 5.74) is 1.18. The second-order valence-electron chi connectivity index (χ2n) is 4.21. The molecular weight excluding hydrogens is 326 g/mol. The Kier molecular flexibility index (Phi) is 3.41. The van der Waals surface area contributed by atoms with E-state index in [1.165, 1.54) is 20.7 Å². The van der Waals surface area contributed by atoms with Crippen molar-refractivity contribution in [1.29, 1.82) is 0 Å². The molecule has 1 unspecified atom stereocenters. The van der Waals surface area contributed by atoms with Crippen molar-refractivity contribution in [3.8, 4) is 0 Å². The molecule has 1 atom stereocenters. The third-order valence-electron chi connectivity index (χ3n) is 2.85. The van der Waals surface area contributed by atoms with Gasteiger partial charge in [0, 0.05) is 25.1 Å². The number of anilines is 1. The van der Waals surface area contributed by atoms with E-state index < -0.39 is 0 Å². The molecule has 3 rings (SSSR count). The summed E-state index contributed by atoms with van der Waals surface area (Å²) in [5.74, 6) is 0. The van der Waals surface area contributed by atoms with Crippen LogP contribution in [0.1, 0.15) is 17.8 Å². The molecule has 0 saturated heterocycles. The van der Waals surface area contributed by atoms with Crippen molar-refractivity contribution in [1.82, 2.24) is 0 Å². The molecule has 1 aromatic carbocycles. The van der Waals surface area contributed by atoms with E-state index in [0.29, 0.717) is 6.04 Å². The van der Waals surface area contributed by atoms with Crippen LogP contribution in [0.4, 0.5) is 5.69 Å². The van der Waals surface area contributed by atoms with Gasteiger partial charge in [-0.05, 0) is 64.0 Å². The highest BCUT2D eigenvalue weighted by atomic mass is 79.9. The lowest BCUT2D eigenvalue weighted by Gasteiger charge is -2.13. The van der Waals surface area contributed by atoms with Crippen LogP contribution in [0.2, 0.25) is 0 Å². The molecule has 0 radical (unpaired) electrons. The van der Waals surface area contributed by atoms with Crippen LogP contribution in [0.3, 0.4) is 0 Å². The van der Waals surface area contributed by atoms with Crippen molar-refractivity contribution in [3.05, 3.63) is 50.4 Å². The number of fused-ring (bicyclic) bond motifs is 1. The Morgan fingerprint density at radius 3 is 2.83 bits per heavy atom. The van der Waals surface area contributed by atoms with Gasteiger partial charge in [0.05, 0.1) is 6.04 Å². The van der Waals surface area contributed by atoms with Crippen LogP contribution in [0.5, 0.6) is 0 Å². The first-order valence-electron chi connectivity index (χ1n) is 5.70. The lowest BCUT2D eigenvalue weighted by Crippen LogP contribution is -2.04. The van der Waals surface area contributed by atoms with Crippen molar-refractivity contribution >= 4 is 54.4 Å². The lowest BCUT2D eigenvalue weighted by molar-refractivity contribution is 0.908. The minimum Gasteiger partial charge on any atom is -0.378 e. The molecule has 0 aliphatic carbocycles. The number of rotatable bonds is 3. The fourth-order valence-electron chi connectivity index (χ4n) is 1.93. The molecule has 1 N–H and O–H groups in total. The average molecular weight is 338 g/mol. The van der Waals surface area contributed by atoms with Crippen LogP contribution in [-0.4, -0.2) is 0 Å². The topological polar surface area (TPSA) is 12.0 Å². The van der Waals surface area contributed by atoms with E-state index in [0.717, 1.165) is 4.47 Å². The van der Waals surface area contributed by atoms with Crippen molar-refractivity contribution in [2.24, 2.45) is 0 Å². The molecule has 3 aromatic rings. The van der Waals surface area contributed by atoms with E-state index in [1.807, 2.05) is 0 Å². The first kappa shape index (κ1) is 12.2. The van der Waals surface area contributed by atoms with Gasteiger partial charge in [-0.2, -0.15) is 0 Å². The van der Waals surface area contributed by atoms with Crippen LogP contribution in [0.25, 0.3) is 10.1 Å². The maximum absolute atomic E-state index is 3.55. The maximum atomic E-state index is 3.55. The number of nitrogens with one attached hydrogen (secondary N) is 1. The monoisotopic (exact) mass is 337 g/mol. The van der Waals surface area contributed by atoms with Gasteiger partial charge in [0.15, 0.2) is 0 Å². The van der Waals surface area contributed by atoms with Gasteiger partial charge in [-0.1, -0.05) is 0 Å². The number of hydrogen-bond acceptors (Lipinski definition) is 3. The van der Waals surface area contributed by atoms with Gasteiger partial charge in [-0.15, -0.1) is 22.7 Å². The Labute approximate surface area is 123 Å². The van der Waals surface area contributed by atoms with Crippen molar-refractivity contribution in [2.45, 2.75) is 13.0 Å². The van der Waals surface area contributed by atoms with E-state index in [1.54, 1.807) is 22.7 Å². The third kappa shape index (κ3) is 2.46. The first-order chi connectivity index (χ1) is 8.72. The van der Waals surface area contributed by atoms with Crippen LogP contribution >= 0.6 is 38.6 Å². The standard InChI is InChI=1S/C14H12BrNS2/c1-9(14-7-11(15)8-18-14)16-12-2-3-13-10(6-12)4-5-17-13/h2-9,16H,1H3. The summed E-state index contributed by atoms with van der Waals surface area (Å²) < 4.78 is 2.50. The molecule has 18 heavy (non-hydrogen) atoms. The summed E-state index contributed by atoms with van der Waals surface area (Å²) in [7, 11) is 0. The summed E-state index contributed by atoms with van der Waals surface area (Å²) in [6, 6.07) is 11.2. The summed E-state index contributed by atoms with van der Waals surface area (Å²) in [6.07, 6.45) is 0. The minimum atomic E-state index is 0.331. The van der Waals surface area contributed by atoms with Gasteiger partial charge >= 0.3 is 0 Å². The number of benzene rings is 1. The van der Waals surface area contributed by atoms with Crippen LogP contribution in [0.15, 0.2) is 45.6 Å². The highest BCUT2D eigenvalue weighted by Gasteiger charge is 2.08. The van der Waals surface area contributed by atoms with Crippen LogP contribution < -0.4 is 5.32 Å². The highest BCUT2D eigenvalue weighted by molar-refractivity contribution is 9.10. The van der Waals surface area contributed by atoms with Crippen molar-refractivity contribution < 1.29 is 0 Å². The molecule has 4 heteroatoms. The van der Waals surface area contributed by atoms with Gasteiger partial charge in [-0.25, -0.2) is 0 Å². The molecule has 1 nitrogen and oxygen atoms in total. The fraction of sp³-hybridized carbons (Fsp3) is 0.143. The number of halogens is 1. The van der Waals surface area contributed by atoms with Gasteiger partial charge in [0.25, 0.3) is 0 Å². The van der Waals surface area contributed by atoms with Gasteiger partial charge < -0.3 is 5.32 Å². The van der Waals surface area contributed by atoms with Crippen molar-refractivity contribution in [3.63, 3.8) is 0 Å². The summed E-state index contributed by atoms with van der Waals surface area (Å²) in [5, 5.41) is 9.11. The van der Waals surface area contributed by atoms with E-state index >= 15 is 0 Å². The van der Waals surface area contributed by atoms with Crippen LogP contribution in [0, 0.1) is 0 Å². The Hall–Kier alpha value is -0.840. The average Bonchev–Trinajstić information content (AvgIpc) is 2.96. The quantitative estimate of drug-likeness (QED) is 0.627. The van der Waals surface area contributed by atoms with E-state index in [4.69, 9.17) is 0 Å². The predicted molar refractivity (Wildman–Crippen MR) is 85.9 cm³/mol. The predicted octanol–water partition coefficient (Wildman–Crippen LogP) is 5.90. The number of thiophene rings is 2. The fourth-order valence-corrected chi connectivity index (χ4v) is 4.16. The molecule has 0 bridgehead atoms.